The van der Waals surface area contributed by atoms with Gasteiger partial charge < -0.3 is 14.1 Å². The smallest absolute Gasteiger partial charge is 0.219 e. The summed E-state index contributed by atoms with van der Waals surface area (Å²) in [7, 11) is 0. The van der Waals surface area contributed by atoms with E-state index in [1.165, 1.54) is 6.40 Å². The average molecular weight is 439 g/mol. The number of rotatable bonds is 4. The summed E-state index contributed by atoms with van der Waals surface area (Å²) in [5.74, 6) is 0.132. The number of aliphatic imine (C=N–C) groups is 1. The van der Waals surface area contributed by atoms with E-state index < -0.39 is 0 Å². The van der Waals surface area contributed by atoms with E-state index >= 15 is 0 Å². The van der Waals surface area contributed by atoms with E-state index in [1.54, 1.807) is 6.92 Å². The van der Waals surface area contributed by atoms with E-state index in [2.05, 4.69) is 26.0 Å². The molecule has 1 unspecified atom stereocenters. The summed E-state index contributed by atoms with van der Waals surface area (Å²) in [5.41, 5.74) is 7.79. The van der Waals surface area contributed by atoms with Gasteiger partial charge in [-0.3, -0.25) is 9.69 Å². The van der Waals surface area contributed by atoms with E-state index in [1.807, 2.05) is 41.3 Å². The number of piperazine rings is 1. The van der Waals surface area contributed by atoms with Crippen LogP contribution in [0, 0.1) is 0 Å². The van der Waals surface area contributed by atoms with Gasteiger partial charge in [0, 0.05) is 62.0 Å². The summed E-state index contributed by atoms with van der Waals surface area (Å²) in [6.07, 6.45) is 3.24. The Hall–Kier alpha value is -2.94. The van der Waals surface area contributed by atoms with Crippen LogP contribution in [0.4, 0.5) is 0 Å². The zero-order valence-corrected chi connectivity index (χ0v) is 17.9. The Balaban J connectivity index is 1.53. The van der Waals surface area contributed by atoms with Crippen molar-refractivity contribution in [2.45, 2.75) is 19.6 Å². The number of halogens is 1. The highest BCUT2D eigenvalue weighted by Crippen LogP contribution is 2.29. The van der Waals surface area contributed by atoms with Crippen molar-refractivity contribution in [3.63, 3.8) is 0 Å². The van der Waals surface area contributed by atoms with E-state index in [9.17, 15) is 4.79 Å². The number of amides is 1. The fourth-order valence-corrected chi connectivity index (χ4v) is 4.19. The van der Waals surface area contributed by atoms with E-state index in [0.717, 1.165) is 60.9 Å². The molecule has 0 bridgehead atoms. The molecule has 1 saturated heterocycles. The van der Waals surface area contributed by atoms with Gasteiger partial charge in [-0.15, -0.1) is 5.48 Å². The van der Waals surface area contributed by atoms with Crippen molar-refractivity contribution in [3.05, 3.63) is 58.9 Å². The van der Waals surface area contributed by atoms with Crippen LogP contribution in [0.15, 0.2) is 47.6 Å². The highest BCUT2D eigenvalue weighted by molar-refractivity contribution is 6.30. The third-order valence-corrected chi connectivity index (χ3v) is 6.06. The number of carbonyl (C=O) groups excluding carboxylic acids is 1. The molecule has 1 atom stereocenters. The van der Waals surface area contributed by atoms with Crippen LogP contribution in [0.1, 0.15) is 24.3 Å². The summed E-state index contributed by atoms with van der Waals surface area (Å²) >= 11 is 6.11. The number of nitrogens with one attached hydrogen (secondary N) is 1. The predicted molar refractivity (Wildman–Crippen MR) is 119 cm³/mol. The van der Waals surface area contributed by atoms with Gasteiger partial charge in [0.15, 0.2) is 12.6 Å². The predicted octanol–water partition coefficient (Wildman–Crippen LogP) is 2.88. The fraction of sp³-hybridized carbons (Fsp3) is 0.318. The van der Waals surface area contributed by atoms with Crippen LogP contribution in [-0.4, -0.2) is 57.7 Å². The number of nitrogens with zero attached hydrogens (tertiary/aromatic N) is 5. The van der Waals surface area contributed by atoms with Crippen molar-refractivity contribution < 1.29 is 9.63 Å². The highest BCUT2D eigenvalue weighted by atomic mass is 35.5. The largest absolute Gasteiger partial charge is 0.394 e. The number of aromatic nitrogens is 2. The van der Waals surface area contributed by atoms with Gasteiger partial charge in [-0.05, 0) is 18.2 Å². The Morgan fingerprint density at radius 1 is 1.16 bits per heavy atom. The third kappa shape index (κ3) is 4.01. The number of hydrogen-bond acceptors (Lipinski definition) is 6. The lowest BCUT2D eigenvalue weighted by atomic mass is 10.1. The molecule has 2 aliphatic rings. The number of benzene rings is 1. The number of carbonyl (C=O) groups is 1. The fourth-order valence-electron chi connectivity index (χ4n) is 4.06. The maximum atomic E-state index is 11.7. The van der Waals surface area contributed by atoms with Gasteiger partial charge in [0.2, 0.25) is 5.91 Å². The summed E-state index contributed by atoms with van der Waals surface area (Å²) in [6.45, 7) is 5.50. The molecule has 8 nitrogen and oxygen atoms in total. The zero-order valence-electron chi connectivity index (χ0n) is 17.2. The molecule has 3 aromatic rings. The van der Waals surface area contributed by atoms with Crippen molar-refractivity contribution in [3.8, 4) is 11.3 Å². The minimum Gasteiger partial charge on any atom is -0.394 e. The summed E-state index contributed by atoms with van der Waals surface area (Å²) in [6, 6.07) is 11.8. The van der Waals surface area contributed by atoms with Crippen LogP contribution in [0.2, 0.25) is 5.02 Å². The number of hydrogen-bond donors (Lipinski definition) is 1. The molecule has 0 spiro atoms. The van der Waals surface area contributed by atoms with Crippen LogP contribution >= 0.6 is 11.6 Å². The normalized spacial score (nSPS) is 19.2. The topological polar surface area (TPSA) is 74.5 Å². The van der Waals surface area contributed by atoms with Gasteiger partial charge in [-0.25, -0.2) is 9.98 Å². The minimum absolute atomic E-state index is 0.132. The van der Waals surface area contributed by atoms with E-state index in [0.29, 0.717) is 5.02 Å². The molecule has 9 heteroatoms. The summed E-state index contributed by atoms with van der Waals surface area (Å²) in [4.78, 5) is 30.2. The molecule has 31 heavy (non-hydrogen) atoms. The molecule has 0 radical (unpaired) electrons. The van der Waals surface area contributed by atoms with Crippen molar-refractivity contribution in [1.29, 1.82) is 0 Å². The number of hydroxylamine groups is 1. The molecule has 0 aliphatic carbocycles. The molecule has 5 rings (SSSR count). The maximum absolute atomic E-state index is 11.7. The summed E-state index contributed by atoms with van der Waals surface area (Å²) in [5, 5.41) is 0.696. The first kappa shape index (κ1) is 20.0. The second kappa shape index (κ2) is 8.30. The second-order valence-electron chi connectivity index (χ2n) is 7.78. The van der Waals surface area contributed by atoms with Gasteiger partial charge in [0.1, 0.15) is 5.65 Å². The van der Waals surface area contributed by atoms with Crippen molar-refractivity contribution in [2.24, 2.45) is 4.99 Å². The van der Waals surface area contributed by atoms with Gasteiger partial charge in [0.05, 0.1) is 11.4 Å². The number of imidazole rings is 1. The van der Waals surface area contributed by atoms with Crippen molar-refractivity contribution in [1.82, 2.24) is 24.7 Å². The van der Waals surface area contributed by atoms with Crippen LogP contribution in [-0.2, 0) is 16.2 Å². The Labute approximate surface area is 185 Å². The third-order valence-electron chi connectivity index (χ3n) is 5.81. The van der Waals surface area contributed by atoms with Crippen LogP contribution in [0.3, 0.4) is 0 Å². The SMILES string of the molecule is CC(=O)N1CCN(Cc2c(-c3ccc(Cl)cc3)nc3ccc(C4N=CON4)cn23)CC1. The molecule has 1 amide bonds. The molecule has 1 N–H and O–H groups in total. The van der Waals surface area contributed by atoms with Crippen LogP contribution in [0.5, 0.6) is 0 Å². The maximum Gasteiger partial charge on any atom is 0.219 e. The standard InChI is InChI=1S/C22H23ClN6O2/c1-15(30)28-10-8-27(9-11-28)13-19-21(16-2-5-18(23)6-3-16)25-20-7-4-17(12-29(19)20)22-24-14-31-26-22/h2-7,12,14,22,26H,8-11,13H2,1H3. The molecule has 0 saturated carbocycles. The van der Waals surface area contributed by atoms with E-state index in [4.69, 9.17) is 21.4 Å². The van der Waals surface area contributed by atoms with Gasteiger partial charge in [-0.2, -0.15) is 0 Å². The van der Waals surface area contributed by atoms with Crippen molar-refractivity contribution in [2.75, 3.05) is 26.2 Å². The van der Waals surface area contributed by atoms with Crippen LogP contribution < -0.4 is 5.48 Å². The summed E-state index contributed by atoms with van der Waals surface area (Å²) < 4.78 is 2.13. The molecule has 2 aromatic heterocycles. The quantitative estimate of drug-likeness (QED) is 0.678. The Morgan fingerprint density at radius 3 is 2.61 bits per heavy atom. The molecule has 2 aliphatic heterocycles. The lowest BCUT2D eigenvalue weighted by molar-refractivity contribution is -0.130. The first-order valence-electron chi connectivity index (χ1n) is 10.3. The zero-order chi connectivity index (χ0) is 21.4. The van der Waals surface area contributed by atoms with Crippen molar-refractivity contribution >= 4 is 29.6 Å². The lowest BCUT2D eigenvalue weighted by Crippen LogP contribution is -2.47. The van der Waals surface area contributed by atoms with Gasteiger partial charge >= 0.3 is 0 Å². The number of fused-ring (bicyclic) bond motifs is 1. The molecular formula is C22H23ClN6O2. The molecule has 1 aromatic carbocycles. The number of pyridine rings is 1. The Kier molecular flexibility index (Phi) is 5.35. The first-order chi connectivity index (χ1) is 15.1. The second-order valence-corrected chi connectivity index (χ2v) is 8.22. The average Bonchev–Trinajstić information content (AvgIpc) is 3.43. The lowest BCUT2D eigenvalue weighted by Gasteiger charge is -2.34. The molecular weight excluding hydrogens is 416 g/mol. The molecule has 160 valence electrons. The highest BCUT2D eigenvalue weighted by Gasteiger charge is 2.23. The Bertz CT molecular complexity index is 1130. The minimum atomic E-state index is -0.238. The van der Waals surface area contributed by atoms with E-state index in [-0.39, 0.29) is 12.1 Å². The Morgan fingerprint density at radius 2 is 1.94 bits per heavy atom. The molecule has 1 fully saturated rings. The molecule has 4 heterocycles. The monoisotopic (exact) mass is 438 g/mol. The first-order valence-corrected chi connectivity index (χ1v) is 10.6. The van der Waals surface area contributed by atoms with Gasteiger partial charge in [-0.1, -0.05) is 29.8 Å². The van der Waals surface area contributed by atoms with Crippen LogP contribution in [0.25, 0.3) is 16.9 Å². The van der Waals surface area contributed by atoms with Gasteiger partial charge in [0.25, 0.3) is 0 Å².